The number of nitrogens with zero attached hydrogens (tertiary/aromatic N) is 1. The van der Waals surface area contributed by atoms with E-state index in [2.05, 4.69) is 10.3 Å². The smallest absolute Gasteiger partial charge is 0.326 e. The molecule has 1 heterocycles. The zero-order valence-corrected chi connectivity index (χ0v) is 9.54. The minimum Gasteiger partial charge on any atom is -0.506 e. The van der Waals surface area contributed by atoms with Crippen LogP contribution in [0.3, 0.4) is 0 Å². The molecular weight excluding hydrogens is 224 g/mol. The number of aromatic hydroxyl groups is 1. The maximum atomic E-state index is 11.7. The van der Waals surface area contributed by atoms with E-state index in [0.717, 1.165) is 0 Å². The van der Waals surface area contributed by atoms with E-state index in [1.165, 1.54) is 18.5 Å². The molecule has 6 nitrogen and oxygen atoms in total. The summed E-state index contributed by atoms with van der Waals surface area (Å²) in [6.45, 7) is 3.39. The third kappa shape index (κ3) is 3.44. The molecule has 0 bridgehead atoms. The summed E-state index contributed by atoms with van der Waals surface area (Å²) in [4.78, 5) is 26.2. The van der Waals surface area contributed by atoms with Gasteiger partial charge in [-0.1, -0.05) is 13.8 Å². The van der Waals surface area contributed by atoms with Crippen molar-refractivity contribution in [3.8, 4) is 5.75 Å². The van der Waals surface area contributed by atoms with Crippen LogP contribution in [-0.2, 0) is 4.79 Å². The highest BCUT2D eigenvalue weighted by Gasteiger charge is 2.24. The van der Waals surface area contributed by atoms with Crippen LogP contribution < -0.4 is 5.32 Å². The summed E-state index contributed by atoms with van der Waals surface area (Å²) in [5, 5.41) is 20.4. The molecule has 1 amide bonds. The van der Waals surface area contributed by atoms with E-state index in [9.17, 15) is 9.59 Å². The summed E-state index contributed by atoms with van der Waals surface area (Å²) in [7, 11) is 0. The standard InChI is InChI=1S/C11H14N2O4/c1-6(2)9(11(16)17)13-10(15)7-3-8(14)5-12-4-7/h3-6,9,14H,1-2H3,(H,13,15)(H,16,17). The van der Waals surface area contributed by atoms with Crippen LogP contribution >= 0.6 is 0 Å². The molecule has 3 N–H and O–H groups in total. The summed E-state index contributed by atoms with van der Waals surface area (Å²) in [5.74, 6) is -2.05. The van der Waals surface area contributed by atoms with Crippen LogP contribution in [0.5, 0.6) is 5.75 Å². The average molecular weight is 238 g/mol. The Morgan fingerprint density at radius 2 is 2.00 bits per heavy atom. The summed E-state index contributed by atoms with van der Waals surface area (Å²) in [5.41, 5.74) is 0.122. The zero-order chi connectivity index (χ0) is 13.0. The van der Waals surface area contributed by atoms with Gasteiger partial charge in [-0.05, 0) is 12.0 Å². The fourth-order valence-corrected chi connectivity index (χ4v) is 1.29. The van der Waals surface area contributed by atoms with Crippen molar-refractivity contribution < 1.29 is 19.8 Å². The fraction of sp³-hybridized carbons (Fsp3) is 0.364. The maximum Gasteiger partial charge on any atom is 0.326 e. The summed E-state index contributed by atoms with van der Waals surface area (Å²) in [6, 6.07) is 0.256. The highest BCUT2D eigenvalue weighted by atomic mass is 16.4. The SMILES string of the molecule is CC(C)C(NC(=O)c1cncc(O)c1)C(=O)O. The average Bonchev–Trinajstić information content (AvgIpc) is 2.24. The number of carboxylic acids is 1. The summed E-state index contributed by atoms with van der Waals surface area (Å²) in [6.07, 6.45) is 2.45. The van der Waals surface area contributed by atoms with Crippen molar-refractivity contribution in [2.24, 2.45) is 5.92 Å². The number of pyridine rings is 1. The van der Waals surface area contributed by atoms with E-state index in [4.69, 9.17) is 10.2 Å². The van der Waals surface area contributed by atoms with Crippen LogP contribution in [0.2, 0.25) is 0 Å². The molecule has 0 fully saturated rings. The van der Waals surface area contributed by atoms with Gasteiger partial charge in [-0.25, -0.2) is 4.79 Å². The summed E-state index contributed by atoms with van der Waals surface area (Å²) < 4.78 is 0. The van der Waals surface area contributed by atoms with Crippen LogP contribution in [-0.4, -0.2) is 33.1 Å². The van der Waals surface area contributed by atoms with E-state index >= 15 is 0 Å². The van der Waals surface area contributed by atoms with Gasteiger partial charge in [-0.3, -0.25) is 9.78 Å². The van der Waals surface area contributed by atoms with Gasteiger partial charge in [0.25, 0.3) is 5.91 Å². The lowest BCUT2D eigenvalue weighted by molar-refractivity contribution is -0.140. The Hall–Kier alpha value is -2.11. The molecule has 0 spiro atoms. The second-order valence-electron chi connectivity index (χ2n) is 3.97. The van der Waals surface area contributed by atoms with Crippen molar-refractivity contribution >= 4 is 11.9 Å². The minimum absolute atomic E-state index is 0.122. The number of hydrogen-bond acceptors (Lipinski definition) is 4. The van der Waals surface area contributed by atoms with Crippen molar-refractivity contribution in [2.75, 3.05) is 0 Å². The molecule has 1 atom stereocenters. The Labute approximate surface area is 98.3 Å². The molecule has 0 aliphatic heterocycles. The van der Waals surface area contributed by atoms with Gasteiger partial charge in [0.05, 0.1) is 11.8 Å². The predicted molar refractivity (Wildman–Crippen MR) is 59.6 cm³/mol. The Morgan fingerprint density at radius 3 is 2.47 bits per heavy atom. The van der Waals surface area contributed by atoms with Crippen LogP contribution in [0.25, 0.3) is 0 Å². The largest absolute Gasteiger partial charge is 0.506 e. The number of amides is 1. The molecule has 0 radical (unpaired) electrons. The lowest BCUT2D eigenvalue weighted by Gasteiger charge is -2.17. The quantitative estimate of drug-likeness (QED) is 0.714. The van der Waals surface area contributed by atoms with Crippen LogP contribution in [0.15, 0.2) is 18.5 Å². The third-order valence-electron chi connectivity index (χ3n) is 2.21. The van der Waals surface area contributed by atoms with Gasteiger partial charge in [0, 0.05) is 6.20 Å². The van der Waals surface area contributed by atoms with Crippen LogP contribution in [0.1, 0.15) is 24.2 Å². The van der Waals surface area contributed by atoms with Gasteiger partial charge < -0.3 is 15.5 Å². The molecule has 0 saturated heterocycles. The van der Waals surface area contributed by atoms with Gasteiger partial charge in [-0.2, -0.15) is 0 Å². The van der Waals surface area contributed by atoms with Crippen molar-refractivity contribution in [2.45, 2.75) is 19.9 Å². The van der Waals surface area contributed by atoms with E-state index < -0.39 is 17.9 Å². The van der Waals surface area contributed by atoms with Crippen molar-refractivity contribution in [3.05, 3.63) is 24.0 Å². The number of carbonyl (C=O) groups excluding carboxylic acids is 1. The molecule has 0 aliphatic rings. The lowest BCUT2D eigenvalue weighted by Crippen LogP contribution is -2.44. The van der Waals surface area contributed by atoms with Gasteiger partial charge in [0.1, 0.15) is 11.8 Å². The van der Waals surface area contributed by atoms with Gasteiger partial charge >= 0.3 is 5.97 Å². The number of hydrogen-bond donors (Lipinski definition) is 3. The first-order valence-electron chi connectivity index (χ1n) is 5.09. The predicted octanol–water partition coefficient (Wildman–Crippen LogP) is 0.626. The first-order chi connectivity index (χ1) is 7.91. The number of carbonyl (C=O) groups is 2. The van der Waals surface area contributed by atoms with Gasteiger partial charge in [0.2, 0.25) is 0 Å². The molecule has 0 aliphatic carbocycles. The Kier molecular flexibility index (Phi) is 4.03. The molecule has 6 heteroatoms. The topological polar surface area (TPSA) is 99.5 Å². The highest BCUT2D eigenvalue weighted by molar-refractivity contribution is 5.96. The molecule has 17 heavy (non-hydrogen) atoms. The first-order valence-corrected chi connectivity index (χ1v) is 5.09. The first kappa shape index (κ1) is 13.0. The molecule has 1 rings (SSSR count). The highest BCUT2D eigenvalue weighted by Crippen LogP contribution is 2.09. The number of carboxylic acid groups (broad SMARTS) is 1. The molecule has 0 aromatic carbocycles. The van der Waals surface area contributed by atoms with E-state index in [0.29, 0.717) is 0 Å². The Bertz CT molecular complexity index is 431. The fourth-order valence-electron chi connectivity index (χ4n) is 1.29. The molecular formula is C11H14N2O4. The number of aliphatic carboxylic acids is 1. The molecule has 1 unspecified atom stereocenters. The normalized spacial score (nSPS) is 12.2. The minimum atomic E-state index is -1.10. The van der Waals surface area contributed by atoms with E-state index in [1.807, 2.05) is 0 Å². The number of rotatable bonds is 4. The van der Waals surface area contributed by atoms with Crippen molar-refractivity contribution in [3.63, 3.8) is 0 Å². The summed E-state index contributed by atoms with van der Waals surface area (Å²) >= 11 is 0. The van der Waals surface area contributed by atoms with Crippen molar-refractivity contribution in [1.29, 1.82) is 0 Å². The Balaban J connectivity index is 2.81. The number of aromatic nitrogens is 1. The molecule has 92 valence electrons. The number of nitrogens with one attached hydrogen (secondary N) is 1. The van der Waals surface area contributed by atoms with E-state index in [-0.39, 0.29) is 17.2 Å². The Morgan fingerprint density at radius 1 is 1.35 bits per heavy atom. The lowest BCUT2D eigenvalue weighted by atomic mass is 10.0. The van der Waals surface area contributed by atoms with E-state index in [1.54, 1.807) is 13.8 Å². The second-order valence-corrected chi connectivity index (χ2v) is 3.97. The molecule has 0 saturated carbocycles. The van der Waals surface area contributed by atoms with Gasteiger partial charge in [0.15, 0.2) is 0 Å². The van der Waals surface area contributed by atoms with Crippen LogP contribution in [0, 0.1) is 5.92 Å². The third-order valence-corrected chi connectivity index (χ3v) is 2.21. The van der Waals surface area contributed by atoms with Crippen molar-refractivity contribution in [1.82, 2.24) is 10.3 Å². The van der Waals surface area contributed by atoms with Crippen LogP contribution in [0.4, 0.5) is 0 Å². The molecule has 1 aromatic heterocycles. The monoisotopic (exact) mass is 238 g/mol. The maximum absolute atomic E-state index is 11.7. The second kappa shape index (κ2) is 5.29. The van der Waals surface area contributed by atoms with Gasteiger partial charge in [-0.15, -0.1) is 0 Å². The molecule has 1 aromatic rings. The zero-order valence-electron chi connectivity index (χ0n) is 9.54.